The molecule has 1 fully saturated rings. The van der Waals surface area contributed by atoms with Crippen molar-refractivity contribution in [3.8, 4) is 0 Å². The first-order valence-corrected chi connectivity index (χ1v) is 7.50. The van der Waals surface area contributed by atoms with Crippen LogP contribution in [0.3, 0.4) is 0 Å². The number of aromatic amines is 1. The van der Waals surface area contributed by atoms with Gasteiger partial charge in [-0.3, -0.25) is 5.10 Å². The molecule has 0 unspecified atom stereocenters. The number of anilines is 1. The van der Waals surface area contributed by atoms with Gasteiger partial charge in [0.15, 0.2) is 0 Å². The van der Waals surface area contributed by atoms with Crippen molar-refractivity contribution in [2.24, 2.45) is 5.92 Å². The van der Waals surface area contributed by atoms with E-state index in [2.05, 4.69) is 36.4 Å². The van der Waals surface area contributed by atoms with Crippen molar-refractivity contribution in [2.45, 2.75) is 19.4 Å². The third kappa shape index (κ3) is 2.86. The molecule has 3 rings (SSSR count). The fourth-order valence-corrected chi connectivity index (χ4v) is 2.73. The number of hydrogen-bond donors (Lipinski definition) is 2. The number of pyridine rings is 1. The first-order valence-electron chi connectivity index (χ1n) is 6.71. The van der Waals surface area contributed by atoms with Crippen LogP contribution in [-0.4, -0.2) is 28.3 Å². The highest BCUT2D eigenvalue weighted by Gasteiger charge is 2.30. The molecular formula is C14H17BrN4O. The molecule has 3 heterocycles. The Morgan fingerprint density at radius 2 is 2.40 bits per heavy atom. The normalized spacial score (nSPS) is 22.1. The summed E-state index contributed by atoms with van der Waals surface area (Å²) < 4.78 is 6.84. The largest absolute Gasteiger partial charge is 0.373 e. The van der Waals surface area contributed by atoms with Crippen LogP contribution in [0.5, 0.6) is 0 Å². The number of rotatable bonds is 4. The second-order valence-corrected chi connectivity index (χ2v) is 5.87. The minimum Gasteiger partial charge on any atom is -0.373 e. The van der Waals surface area contributed by atoms with Crippen molar-refractivity contribution in [1.29, 1.82) is 0 Å². The highest BCUT2D eigenvalue weighted by molar-refractivity contribution is 9.10. The van der Waals surface area contributed by atoms with E-state index >= 15 is 0 Å². The van der Waals surface area contributed by atoms with Gasteiger partial charge in [0, 0.05) is 35.3 Å². The van der Waals surface area contributed by atoms with Gasteiger partial charge in [0.1, 0.15) is 5.82 Å². The molecule has 0 radical (unpaired) electrons. The molecular weight excluding hydrogens is 320 g/mol. The number of aromatic nitrogens is 3. The summed E-state index contributed by atoms with van der Waals surface area (Å²) in [5, 5.41) is 10.2. The number of aryl methyl sites for hydroxylation is 1. The van der Waals surface area contributed by atoms with Crippen molar-refractivity contribution in [3.63, 3.8) is 0 Å². The zero-order valence-electron chi connectivity index (χ0n) is 11.3. The van der Waals surface area contributed by atoms with E-state index in [1.54, 1.807) is 0 Å². The predicted octanol–water partition coefficient (Wildman–Crippen LogP) is 3.07. The second kappa shape index (κ2) is 5.93. The molecule has 20 heavy (non-hydrogen) atoms. The maximum atomic E-state index is 5.81. The molecule has 1 aliphatic heterocycles. The number of hydrogen-bond acceptors (Lipinski definition) is 4. The first kappa shape index (κ1) is 13.6. The Morgan fingerprint density at radius 3 is 3.15 bits per heavy atom. The molecule has 2 N–H and O–H groups in total. The van der Waals surface area contributed by atoms with E-state index < -0.39 is 0 Å². The summed E-state index contributed by atoms with van der Waals surface area (Å²) in [5.74, 6) is 1.35. The molecule has 5 nitrogen and oxygen atoms in total. The zero-order chi connectivity index (χ0) is 13.9. The fraction of sp³-hybridized carbons (Fsp3) is 0.429. The predicted molar refractivity (Wildman–Crippen MR) is 80.6 cm³/mol. The van der Waals surface area contributed by atoms with E-state index in [1.165, 1.54) is 0 Å². The van der Waals surface area contributed by atoms with Crippen LogP contribution in [0.15, 0.2) is 29.0 Å². The standard InChI is InChI=1S/C14H17BrN4O/c1-9-12(15)2-3-13(19-9)16-6-10-4-5-20-14(10)11-7-17-18-8-11/h2-3,7-8,10,14H,4-6H2,1H3,(H,16,19)(H,17,18)/t10-,14+/m1/s1. The van der Waals surface area contributed by atoms with Gasteiger partial charge in [-0.15, -0.1) is 0 Å². The van der Waals surface area contributed by atoms with Crippen LogP contribution in [0.2, 0.25) is 0 Å². The van der Waals surface area contributed by atoms with E-state index in [4.69, 9.17) is 4.74 Å². The fourth-order valence-electron chi connectivity index (χ4n) is 2.51. The summed E-state index contributed by atoms with van der Waals surface area (Å²) in [7, 11) is 0. The summed E-state index contributed by atoms with van der Waals surface area (Å²) >= 11 is 3.46. The van der Waals surface area contributed by atoms with Gasteiger partial charge in [0.25, 0.3) is 0 Å². The summed E-state index contributed by atoms with van der Waals surface area (Å²) in [4.78, 5) is 4.50. The van der Waals surface area contributed by atoms with Crippen molar-refractivity contribution >= 4 is 21.7 Å². The molecule has 0 bridgehead atoms. The highest BCUT2D eigenvalue weighted by Crippen LogP contribution is 2.34. The monoisotopic (exact) mass is 336 g/mol. The molecule has 0 spiro atoms. The van der Waals surface area contributed by atoms with Gasteiger partial charge in [-0.25, -0.2) is 4.98 Å². The van der Waals surface area contributed by atoms with Gasteiger partial charge < -0.3 is 10.1 Å². The maximum absolute atomic E-state index is 5.81. The van der Waals surface area contributed by atoms with Gasteiger partial charge in [-0.1, -0.05) is 0 Å². The Morgan fingerprint density at radius 1 is 1.50 bits per heavy atom. The lowest BCUT2D eigenvalue weighted by Gasteiger charge is -2.18. The van der Waals surface area contributed by atoms with Crippen LogP contribution in [0, 0.1) is 12.8 Å². The lowest BCUT2D eigenvalue weighted by atomic mass is 9.97. The van der Waals surface area contributed by atoms with Crippen molar-refractivity contribution in [3.05, 3.63) is 40.3 Å². The number of halogens is 1. The van der Waals surface area contributed by atoms with E-state index in [-0.39, 0.29) is 6.10 Å². The van der Waals surface area contributed by atoms with Gasteiger partial charge in [0.2, 0.25) is 0 Å². The molecule has 0 amide bonds. The lowest BCUT2D eigenvalue weighted by molar-refractivity contribution is 0.0933. The topological polar surface area (TPSA) is 62.8 Å². The maximum Gasteiger partial charge on any atom is 0.126 e. The Labute approximate surface area is 126 Å². The number of nitrogens with zero attached hydrogens (tertiary/aromatic N) is 2. The van der Waals surface area contributed by atoms with Gasteiger partial charge in [-0.05, 0) is 41.4 Å². The average Bonchev–Trinajstić information content (AvgIpc) is 3.09. The van der Waals surface area contributed by atoms with Crippen molar-refractivity contribution in [2.75, 3.05) is 18.5 Å². The first-order chi connectivity index (χ1) is 9.74. The van der Waals surface area contributed by atoms with Crippen LogP contribution >= 0.6 is 15.9 Å². The third-order valence-electron chi connectivity index (χ3n) is 3.63. The Bertz CT molecular complexity index is 573. The zero-order valence-corrected chi connectivity index (χ0v) is 12.9. The molecule has 0 aromatic carbocycles. The van der Waals surface area contributed by atoms with Gasteiger partial charge in [0.05, 0.1) is 18.0 Å². The summed E-state index contributed by atoms with van der Waals surface area (Å²) in [6.45, 7) is 3.64. The summed E-state index contributed by atoms with van der Waals surface area (Å²) in [6.07, 6.45) is 4.92. The highest BCUT2D eigenvalue weighted by atomic mass is 79.9. The Hall–Kier alpha value is -1.40. The summed E-state index contributed by atoms with van der Waals surface area (Å²) in [5.41, 5.74) is 2.11. The van der Waals surface area contributed by atoms with Crippen molar-refractivity contribution < 1.29 is 4.74 Å². The molecule has 2 atom stereocenters. The SMILES string of the molecule is Cc1nc(NC[C@H]2CCO[C@@H]2c2cn[nH]c2)ccc1Br. The molecule has 6 heteroatoms. The quantitative estimate of drug-likeness (QED) is 0.900. The molecule has 1 saturated heterocycles. The molecule has 106 valence electrons. The van der Waals surface area contributed by atoms with E-state index in [0.717, 1.165) is 41.1 Å². The number of nitrogens with one attached hydrogen (secondary N) is 2. The van der Waals surface area contributed by atoms with Crippen LogP contribution in [0.25, 0.3) is 0 Å². The summed E-state index contributed by atoms with van der Waals surface area (Å²) in [6, 6.07) is 4.00. The molecule has 2 aromatic rings. The lowest BCUT2D eigenvalue weighted by Crippen LogP contribution is -2.18. The van der Waals surface area contributed by atoms with Crippen LogP contribution in [0.4, 0.5) is 5.82 Å². The average molecular weight is 337 g/mol. The van der Waals surface area contributed by atoms with Gasteiger partial charge in [-0.2, -0.15) is 5.10 Å². The third-order valence-corrected chi connectivity index (χ3v) is 4.47. The van der Waals surface area contributed by atoms with Crippen LogP contribution < -0.4 is 5.32 Å². The van der Waals surface area contributed by atoms with Crippen LogP contribution in [-0.2, 0) is 4.74 Å². The minimum atomic E-state index is 0.123. The van der Waals surface area contributed by atoms with E-state index in [9.17, 15) is 0 Å². The molecule has 1 aliphatic rings. The molecule has 0 aliphatic carbocycles. The number of H-pyrrole nitrogens is 1. The van der Waals surface area contributed by atoms with Gasteiger partial charge >= 0.3 is 0 Å². The Kier molecular flexibility index (Phi) is 4.03. The minimum absolute atomic E-state index is 0.123. The van der Waals surface area contributed by atoms with E-state index in [0.29, 0.717) is 5.92 Å². The smallest absolute Gasteiger partial charge is 0.126 e. The van der Waals surface area contributed by atoms with Crippen molar-refractivity contribution in [1.82, 2.24) is 15.2 Å². The molecule has 0 saturated carbocycles. The van der Waals surface area contributed by atoms with E-state index in [1.807, 2.05) is 31.5 Å². The second-order valence-electron chi connectivity index (χ2n) is 5.02. The Balaban J connectivity index is 1.64. The van der Waals surface area contributed by atoms with Crippen LogP contribution in [0.1, 0.15) is 23.8 Å². The number of ether oxygens (including phenoxy) is 1. The molecule has 2 aromatic heterocycles.